The first-order valence-electron chi connectivity index (χ1n) is 10.7. The number of nitrogens with zero attached hydrogens (tertiary/aromatic N) is 4. The molecule has 1 aliphatic carbocycles. The monoisotopic (exact) mass is 410 g/mol. The van der Waals surface area contributed by atoms with E-state index in [0.717, 1.165) is 63.2 Å². The molecule has 154 valence electrons. The normalized spacial score (nSPS) is 15.0. The van der Waals surface area contributed by atoms with Crippen molar-refractivity contribution in [3.63, 3.8) is 0 Å². The third kappa shape index (κ3) is 3.42. The standard InChI is InChI=1S/C24H22N6O/c1-2-5-16(6-3-1)31-17-9-15(12-25-13-17)20-10-18-23(14-27-20)29-30-24(18)22-11-21-19(28-22)7-4-8-26-21/h4,7-14,16,28H,1-3,5-6H2,(H,29,30). The van der Waals surface area contributed by atoms with Crippen LogP contribution < -0.4 is 4.74 Å². The molecule has 5 aromatic rings. The molecule has 7 heteroatoms. The minimum Gasteiger partial charge on any atom is -0.489 e. The molecule has 2 N–H and O–H groups in total. The van der Waals surface area contributed by atoms with Gasteiger partial charge in [0.05, 0.1) is 46.4 Å². The lowest BCUT2D eigenvalue weighted by Crippen LogP contribution is -2.19. The Hall–Kier alpha value is -3.74. The van der Waals surface area contributed by atoms with Crippen LogP contribution in [0.4, 0.5) is 0 Å². The van der Waals surface area contributed by atoms with Gasteiger partial charge in [0.1, 0.15) is 11.4 Å². The third-order valence-electron chi connectivity index (χ3n) is 5.96. The van der Waals surface area contributed by atoms with Gasteiger partial charge in [0, 0.05) is 23.3 Å². The molecule has 31 heavy (non-hydrogen) atoms. The summed E-state index contributed by atoms with van der Waals surface area (Å²) in [5, 5.41) is 8.60. The SMILES string of the molecule is c1cnc2cc(-c3n[nH]c4cnc(-c5cncc(OC6CCCCC6)c5)cc34)[nH]c2c1. The zero-order valence-corrected chi connectivity index (χ0v) is 17.0. The molecule has 0 unspecified atom stereocenters. The van der Waals surface area contributed by atoms with E-state index in [1.807, 2.05) is 36.7 Å². The number of aromatic amines is 2. The predicted molar refractivity (Wildman–Crippen MR) is 120 cm³/mol. The Morgan fingerprint density at radius 3 is 2.77 bits per heavy atom. The van der Waals surface area contributed by atoms with Gasteiger partial charge in [-0.15, -0.1) is 0 Å². The lowest BCUT2D eigenvalue weighted by Gasteiger charge is -2.22. The molecule has 0 bridgehead atoms. The van der Waals surface area contributed by atoms with Crippen molar-refractivity contribution in [1.29, 1.82) is 0 Å². The van der Waals surface area contributed by atoms with Gasteiger partial charge in [0.25, 0.3) is 0 Å². The molecule has 5 heterocycles. The van der Waals surface area contributed by atoms with Crippen molar-refractivity contribution in [2.75, 3.05) is 0 Å². The first-order chi connectivity index (χ1) is 15.3. The Bertz CT molecular complexity index is 1330. The van der Waals surface area contributed by atoms with Crippen LogP contribution in [0.5, 0.6) is 5.75 Å². The number of aromatic nitrogens is 6. The van der Waals surface area contributed by atoms with Crippen LogP contribution in [0.15, 0.2) is 55.1 Å². The van der Waals surface area contributed by atoms with Crippen LogP contribution in [0.1, 0.15) is 32.1 Å². The summed E-state index contributed by atoms with van der Waals surface area (Å²) < 4.78 is 6.20. The molecule has 0 aliphatic heterocycles. The molecule has 0 spiro atoms. The maximum atomic E-state index is 6.20. The second-order valence-electron chi connectivity index (χ2n) is 8.09. The van der Waals surface area contributed by atoms with Crippen LogP contribution in [-0.4, -0.2) is 36.2 Å². The molecule has 0 aromatic carbocycles. The maximum absolute atomic E-state index is 6.20. The van der Waals surface area contributed by atoms with Crippen molar-refractivity contribution >= 4 is 21.9 Å². The molecule has 0 saturated heterocycles. The van der Waals surface area contributed by atoms with Gasteiger partial charge in [-0.3, -0.25) is 20.1 Å². The number of nitrogens with one attached hydrogen (secondary N) is 2. The van der Waals surface area contributed by atoms with Crippen molar-refractivity contribution in [2.45, 2.75) is 38.2 Å². The summed E-state index contributed by atoms with van der Waals surface area (Å²) in [5.74, 6) is 0.806. The Labute approximate surface area is 178 Å². The van der Waals surface area contributed by atoms with Crippen molar-refractivity contribution in [1.82, 2.24) is 30.1 Å². The maximum Gasteiger partial charge on any atom is 0.138 e. The molecular formula is C24H22N6O. The van der Waals surface area contributed by atoms with E-state index < -0.39 is 0 Å². The highest BCUT2D eigenvalue weighted by molar-refractivity contribution is 5.96. The number of hydrogen-bond acceptors (Lipinski definition) is 5. The summed E-state index contributed by atoms with van der Waals surface area (Å²) in [5.41, 5.74) is 6.32. The third-order valence-corrected chi connectivity index (χ3v) is 5.96. The first kappa shape index (κ1) is 18.1. The van der Waals surface area contributed by atoms with Crippen LogP contribution in [0, 0.1) is 0 Å². The molecule has 7 nitrogen and oxygen atoms in total. The number of ether oxygens (including phenoxy) is 1. The van der Waals surface area contributed by atoms with E-state index in [-0.39, 0.29) is 6.10 Å². The lowest BCUT2D eigenvalue weighted by atomic mass is 9.98. The summed E-state index contributed by atoms with van der Waals surface area (Å²) >= 11 is 0. The molecular weight excluding hydrogens is 388 g/mol. The zero-order chi connectivity index (χ0) is 20.6. The Kier molecular flexibility index (Phi) is 4.37. The van der Waals surface area contributed by atoms with Gasteiger partial charge >= 0.3 is 0 Å². The van der Waals surface area contributed by atoms with E-state index >= 15 is 0 Å². The van der Waals surface area contributed by atoms with Gasteiger partial charge in [-0.05, 0) is 56.0 Å². The summed E-state index contributed by atoms with van der Waals surface area (Å²) in [6, 6.07) is 10.0. The van der Waals surface area contributed by atoms with Gasteiger partial charge in [-0.25, -0.2) is 0 Å². The number of pyridine rings is 3. The van der Waals surface area contributed by atoms with Gasteiger partial charge < -0.3 is 9.72 Å². The topological polar surface area (TPSA) is 92.4 Å². The van der Waals surface area contributed by atoms with E-state index in [4.69, 9.17) is 4.74 Å². The van der Waals surface area contributed by atoms with Crippen LogP contribution in [0.3, 0.4) is 0 Å². The Morgan fingerprint density at radius 2 is 1.87 bits per heavy atom. The minimum absolute atomic E-state index is 0.289. The zero-order valence-electron chi connectivity index (χ0n) is 17.0. The number of rotatable bonds is 4. The van der Waals surface area contributed by atoms with Crippen molar-refractivity contribution in [2.24, 2.45) is 0 Å². The minimum atomic E-state index is 0.289. The number of hydrogen-bond donors (Lipinski definition) is 2. The fourth-order valence-corrected chi connectivity index (χ4v) is 4.36. The summed E-state index contributed by atoms with van der Waals surface area (Å²) in [4.78, 5) is 16.8. The molecule has 0 amide bonds. The average Bonchev–Trinajstić information content (AvgIpc) is 3.43. The van der Waals surface area contributed by atoms with Crippen molar-refractivity contribution < 1.29 is 4.74 Å². The molecule has 6 rings (SSSR count). The molecule has 1 fully saturated rings. The molecule has 1 aliphatic rings. The highest BCUT2D eigenvalue weighted by Gasteiger charge is 2.16. The second kappa shape index (κ2) is 7.50. The molecule has 5 aromatic heterocycles. The first-order valence-corrected chi connectivity index (χ1v) is 10.7. The van der Waals surface area contributed by atoms with E-state index in [0.29, 0.717) is 0 Å². The van der Waals surface area contributed by atoms with E-state index in [2.05, 4.69) is 36.2 Å². The summed E-state index contributed by atoms with van der Waals surface area (Å²) in [6.07, 6.45) is 13.5. The second-order valence-corrected chi connectivity index (χ2v) is 8.09. The fourth-order valence-electron chi connectivity index (χ4n) is 4.36. The molecule has 0 atom stereocenters. The Balaban J connectivity index is 1.36. The lowest BCUT2D eigenvalue weighted by molar-refractivity contribution is 0.154. The number of fused-ring (bicyclic) bond motifs is 2. The average molecular weight is 410 g/mol. The highest BCUT2D eigenvalue weighted by atomic mass is 16.5. The van der Waals surface area contributed by atoms with Crippen molar-refractivity contribution in [3.05, 3.63) is 55.1 Å². The van der Waals surface area contributed by atoms with Crippen LogP contribution in [0.2, 0.25) is 0 Å². The quantitative estimate of drug-likeness (QED) is 0.421. The van der Waals surface area contributed by atoms with Crippen LogP contribution in [-0.2, 0) is 0 Å². The van der Waals surface area contributed by atoms with Gasteiger partial charge in [-0.1, -0.05) is 6.42 Å². The summed E-state index contributed by atoms with van der Waals surface area (Å²) in [7, 11) is 0. The van der Waals surface area contributed by atoms with Crippen LogP contribution in [0.25, 0.3) is 44.6 Å². The highest BCUT2D eigenvalue weighted by Crippen LogP contribution is 2.31. The number of H-pyrrole nitrogens is 2. The largest absolute Gasteiger partial charge is 0.489 e. The smallest absolute Gasteiger partial charge is 0.138 e. The summed E-state index contributed by atoms with van der Waals surface area (Å²) in [6.45, 7) is 0. The van der Waals surface area contributed by atoms with Gasteiger partial charge in [0.15, 0.2) is 0 Å². The van der Waals surface area contributed by atoms with Gasteiger partial charge in [-0.2, -0.15) is 5.10 Å². The Morgan fingerprint density at radius 1 is 0.935 bits per heavy atom. The van der Waals surface area contributed by atoms with Gasteiger partial charge in [0.2, 0.25) is 0 Å². The molecule has 0 radical (unpaired) electrons. The van der Waals surface area contributed by atoms with E-state index in [9.17, 15) is 0 Å². The van der Waals surface area contributed by atoms with Crippen LogP contribution >= 0.6 is 0 Å². The van der Waals surface area contributed by atoms with E-state index in [1.54, 1.807) is 12.4 Å². The fraction of sp³-hybridized carbons (Fsp3) is 0.250. The van der Waals surface area contributed by atoms with E-state index in [1.165, 1.54) is 19.3 Å². The predicted octanol–water partition coefficient (Wildman–Crippen LogP) is 5.27. The molecule has 1 saturated carbocycles. The van der Waals surface area contributed by atoms with Crippen molar-refractivity contribution in [3.8, 4) is 28.4 Å².